The van der Waals surface area contributed by atoms with Gasteiger partial charge in [-0.05, 0) is 36.1 Å². The molecule has 1 aromatic heterocycles. The predicted octanol–water partition coefficient (Wildman–Crippen LogP) is 5.38. The highest BCUT2D eigenvalue weighted by Crippen LogP contribution is 2.47. The third-order valence-corrected chi connectivity index (χ3v) is 8.94. The third kappa shape index (κ3) is 4.10. The number of amides is 1. The summed E-state index contributed by atoms with van der Waals surface area (Å²) < 4.78 is 78.1. The zero-order valence-corrected chi connectivity index (χ0v) is 22.1. The Morgan fingerprint density at radius 3 is 2.54 bits per heavy atom. The van der Waals surface area contributed by atoms with Crippen LogP contribution < -0.4 is 15.0 Å². The molecule has 6 rings (SSSR count). The van der Waals surface area contributed by atoms with Crippen LogP contribution >= 0.6 is 21.2 Å². The number of halogens is 5. The second kappa shape index (κ2) is 9.52. The maximum absolute atomic E-state index is 15.2. The highest BCUT2D eigenvalue weighted by molar-refractivity contribution is 7.98. The minimum absolute atomic E-state index is 0.0814. The van der Waals surface area contributed by atoms with Gasteiger partial charge in [0.05, 0.1) is 21.4 Å². The van der Waals surface area contributed by atoms with E-state index in [2.05, 4.69) is 0 Å². The maximum atomic E-state index is 15.2. The number of thioether (sulfide) groups is 1. The molecule has 39 heavy (non-hydrogen) atoms. The SMILES string of the molecule is O=C1c2c(OP)c(=O)ccn2N([C@@H]2c3ccccc3SCc3c2ccc(F)c3F)[C@@H]2C[C@@H](C(F)(F)F)CCN12. The van der Waals surface area contributed by atoms with Gasteiger partial charge >= 0.3 is 6.18 Å². The van der Waals surface area contributed by atoms with Crippen molar-refractivity contribution in [3.05, 3.63) is 92.9 Å². The van der Waals surface area contributed by atoms with Crippen LogP contribution in [0, 0.1) is 17.6 Å². The number of piperidine rings is 1. The number of alkyl halides is 3. The van der Waals surface area contributed by atoms with Crippen LogP contribution in [-0.2, 0) is 5.75 Å². The Morgan fingerprint density at radius 2 is 1.79 bits per heavy atom. The van der Waals surface area contributed by atoms with Crippen molar-refractivity contribution in [1.29, 1.82) is 0 Å². The second-order valence-electron chi connectivity index (χ2n) is 9.60. The van der Waals surface area contributed by atoms with Gasteiger partial charge in [0.25, 0.3) is 5.91 Å². The van der Waals surface area contributed by atoms with Crippen molar-refractivity contribution in [1.82, 2.24) is 9.58 Å². The summed E-state index contributed by atoms with van der Waals surface area (Å²) in [4.78, 5) is 28.4. The third-order valence-electron chi connectivity index (χ3n) is 7.58. The maximum Gasteiger partial charge on any atom is 0.392 e. The average molecular weight is 582 g/mol. The van der Waals surface area contributed by atoms with Crippen molar-refractivity contribution in [3.8, 4) is 5.75 Å². The summed E-state index contributed by atoms with van der Waals surface area (Å²) in [5, 5.41) is 1.57. The quantitative estimate of drug-likeness (QED) is 0.301. The molecule has 1 amide bonds. The van der Waals surface area contributed by atoms with Gasteiger partial charge in [-0.2, -0.15) is 13.2 Å². The number of rotatable bonds is 2. The van der Waals surface area contributed by atoms with Crippen molar-refractivity contribution in [2.45, 2.75) is 41.9 Å². The molecule has 1 saturated heterocycles. The Bertz CT molecular complexity index is 1550. The highest BCUT2D eigenvalue weighted by atomic mass is 32.2. The number of benzene rings is 2. The van der Waals surface area contributed by atoms with E-state index in [-0.39, 0.29) is 35.7 Å². The molecule has 3 aromatic rings. The Balaban J connectivity index is 1.66. The molecule has 0 spiro atoms. The molecule has 204 valence electrons. The molecule has 1 fully saturated rings. The summed E-state index contributed by atoms with van der Waals surface area (Å²) in [6, 6.07) is 9.79. The van der Waals surface area contributed by atoms with Gasteiger partial charge in [0.15, 0.2) is 17.3 Å². The summed E-state index contributed by atoms with van der Waals surface area (Å²) in [5.41, 5.74) is 0.343. The highest BCUT2D eigenvalue weighted by Gasteiger charge is 2.52. The summed E-state index contributed by atoms with van der Waals surface area (Å²) in [7, 11) is 1.93. The molecule has 1 unspecified atom stereocenters. The van der Waals surface area contributed by atoms with Crippen molar-refractivity contribution >= 4 is 27.1 Å². The second-order valence-corrected chi connectivity index (χ2v) is 10.9. The first-order chi connectivity index (χ1) is 18.6. The van der Waals surface area contributed by atoms with Crippen LogP contribution in [-0.4, -0.2) is 34.4 Å². The van der Waals surface area contributed by atoms with E-state index in [1.807, 2.05) is 15.5 Å². The number of carbonyl (C=O) groups excluding carboxylic acids is 1. The molecule has 4 atom stereocenters. The number of aromatic nitrogens is 1. The lowest BCUT2D eigenvalue weighted by Gasteiger charge is -2.53. The van der Waals surface area contributed by atoms with Gasteiger partial charge in [-0.1, -0.05) is 24.3 Å². The molecule has 6 nitrogen and oxygen atoms in total. The molecule has 0 N–H and O–H groups in total. The summed E-state index contributed by atoms with van der Waals surface area (Å²) in [6.07, 6.45) is -5.03. The molecule has 0 radical (unpaired) electrons. The zero-order chi connectivity index (χ0) is 27.6. The predicted molar refractivity (Wildman–Crippen MR) is 137 cm³/mol. The average Bonchev–Trinajstić information content (AvgIpc) is 3.08. The standard InChI is InChI=1S/C26H21F5N3O3PS/c27-17-6-5-14-16(21(17)28)12-39-19-4-2-1-3-15(19)22(14)34-20-11-13(26(29,30)31)7-9-32(20)25(36)23-24(37-38)18(35)8-10-33(23)34/h1-6,8,10,13,20,22H,7,9,11-12,38H2/t13-,20+,22-/m0/s1. The van der Waals surface area contributed by atoms with Crippen LogP contribution in [0.1, 0.15) is 46.1 Å². The number of pyridine rings is 1. The lowest BCUT2D eigenvalue weighted by Crippen LogP contribution is -2.65. The molecule has 3 aliphatic heterocycles. The van der Waals surface area contributed by atoms with Crippen LogP contribution in [0.3, 0.4) is 0 Å². The molecular formula is C26H21F5N3O3PS. The fourth-order valence-electron chi connectivity index (χ4n) is 5.77. The van der Waals surface area contributed by atoms with Gasteiger partial charge in [-0.25, -0.2) is 8.78 Å². The lowest BCUT2D eigenvalue weighted by molar-refractivity contribution is -0.189. The summed E-state index contributed by atoms with van der Waals surface area (Å²) >= 11 is 1.29. The normalized spacial score (nSPS) is 22.4. The van der Waals surface area contributed by atoms with Crippen LogP contribution in [0.15, 0.2) is 58.4 Å². The van der Waals surface area contributed by atoms with E-state index in [0.29, 0.717) is 11.1 Å². The van der Waals surface area contributed by atoms with Gasteiger partial charge in [0.2, 0.25) is 11.2 Å². The minimum Gasteiger partial charge on any atom is -0.474 e. The Hall–Kier alpha value is -3.11. The van der Waals surface area contributed by atoms with Gasteiger partial charge < -0.3 is 9.42 Å². The lowest BCUT2D eigenvalue weighted by atomic mass is 9.89. The number of nitrogens with zero attached hydrogens (tertiary/aromatic N) is 3. The molecule has 0 bridgehead atoms. The first-order valence-corrected chi connectivity index (χ1v) is 13.5. The number of hydrogen-bond acceptors (Lipinski definition) is 5. The van der Waals surface area contributed by atoms with E-state index in [1.165, 1.54) is 33.6 Å². The Kier molecular flexibility index (Phi) is 6.38. The first-order valence-electron chi connectivity index (χ1n) is 12.1. The topological polar surface area (TPSA) is 54.8 Å². The van der Waals surface area contributed by atoms with E-state index in [1.54, 1.807) is 23.2 Å². The van der Waals surface area contributed by atoms with Gasteiger partial charge in [-0.3, -0.25) is 19.3 Å². The molecule has 3 aliphatic rings. The Morgan fingerprint density at radius 1 is 1.03 bits per heavy atom. The van der Waals surface area contributed by atoms with Gasteiger partial charge in [0, 0.05) is 35.0 Å². The van der Waals surface area contributed by atoms with Crippen molar-refractivity contribution < 1.29 is 31.3 Å². The molecule has 0 aliphatic carbocycles. The van der Waals surface area contributed by atoms with Crippen molar-refractivity contribution in [2.24, 2.45) is 5.92 Å². The van der Waals surface area contributed by atoms with Crippen molar-refractivity contribution in [2.75, 3.05) is 11.6 Å². The van der Waals surface area contributed by atoms with Crippen LogP contribution in [0.4, 0.5) is 22.0 Å². The van der Waals surface area contributed by atoms with Crippen LogP contribution in [0.2, 0.25) is 0 Å². The van der Waals surface area contributed by atoms with Gasteiger partial charge in [0.1, 0.15) is 6.17 Å². The van der Waals surface area contributed by atoms with E-state index < -0.39 is 53.7 Å². The van der Waals surface area contributed by atoms with E-state index in [0.717, 1.165) is 17.0 Å². The van der Waals surface area contributed by atoms with E-state index in [4.69, 9.17) is 4.52 Å². The molecule has 2 aromatic carbocycles. The van der Waals surface area contributed by atoms with E-state index in [9.17, 15) is 27.2 Å². The number of carbonyl (C=O) groups is 1. The molecule has 13 heteroatoms. The zero-order valence-electron chi connectivity index (χ0n) is 20.1. The monoisotopic (exact) mass is 581 g/mol. The molecular weight excluding hydrogens is 560 g/mol. The fourth-order valence-corrected chi connectivity index (χ4v) is 7.11. The first kappa shape index (κ1) is 26.1. The summed E-state index contributed by atoms with van der Waals surface area (Å²) in [5.74, 6) is -4.59. The fraction of sp³-hybridized carbons (Fsp3) is 0.308. The van der Waals surface area contributed by atoms with Crippen LogP contribution in [0.5, 0.6) is 5.75 Å². The Labute approximate surface area is 226 Å². The largest absolute Gasteiger partial charge is 0.474 e. The summed E-state index contributed by atoms with van der Waals surface area (Å²) in [6.45, 7) is -0.211. The number of fused-ring (bicyclic) bond motifs is 4. The van der Waals surface area contributed by atoms with Crippen LogP contribution in [0.25, 0.3) is 0 Å². The number of hydrogen-bond donors (Lipinski definition) is 0. The van der Waals surface area contributed by atoms with Gasteiger partial charge in [-0.15, -0.1) is 11.8 Å². The minimum atomic E-state index is -4.50. The smallest absolute Gasteiger partial charge is 0.392 e. The van der Waals surface area contributed by atoms with E-state index >= 15 is 4.39 Å². The molecule has 4 heterocycles. The molecule has 0 saturated carbocycles. The van der Waals surface area contributed by atoms with Crippen molar-refractivity contribution in [3.63, 3.8) is 0 Å².